The van der Waals surface area contributed by atoms with E-state index in [-0.39, 0.29) is 23.4 Å². The Labute approximate surface area is 166 Å². The van der Waals surface area contributed by atoms with Gasteiger partial charge in [-0.1, -0.05) is 29.8 Å². The van der Waals surface area contributed by atoms with E-state index in [1.54, 1.807) is 0 Å². The Kier molecular flexibility index (Phi) is 7.04. The highest BCUT2D eigenvalue weighted by molar-refractivity contribution is 7.89. The van der Waals surface area contributed by atoms with E-state index >= 15 is 0 Å². The molecule has 0 fully saturated rings. The van der Waals surface area contributed by atoms with Gasteiger partial charge in [-0.25, -0.2) is 8.42 Å². The molecule has 2 aromatic carbocycles. The standard InChI is InChI=1S/C20H26N2O5S/c1-14-6-8-16(9-7-14)15(2)21-20(23)13-22(3)28(24,25)17-10-11-18(26-4)19(12-17)27-5/h6-12,15H,13H2,1-5H3,(H,21,23)/t15-/m0/s1. The van der Waals surface area contributed by atoms with Crippen molar-refractivity contribution in [1.82, 2.24) is 9.62 Å². The number of benzene rings is 2. The number of ether oxygens (including phenoxy) is 2. The van der Waals surface area contributed by atoms with Crippen LogP contribution in [0, 0.1) is 6.92 Å². The Morgan fingerprint density at radius 3 is 2.25 bits per heavy atom. The van der Waals surface area contributed by atoms with Gasteiger partial charge in [0.15, 0.2) is 11.5 Å². The van der Waals surface area contributed by atoms with Crippen molar-refractivity contribution in [2.75, 3.05) is 27.8 Å². The van der Waals surface area contributed by atoms with Crippen LogP contribution in [-0.4, -0.2) is 46.4 Å². The molecular formula is C20H26N2O5S. The van der Waals surface area contributed by atoms with Crippen LogP contribution >= 0.6 is 0 Å². The van der Waals surface area contributed by atoms with Crippen LogP contribution in [0.3, 0.4) is 0 Å². The molecule has 0 aliphatic rings. The van der Waals surface area contributed by atoms with Crippen molar-refractivity contribution in [2.24, 2.45) is 0 Å². The van der Waals surface area contributed by atoms with Crippen LogP contribution in [0.1, 0.15) is 24.1 Å². The summed E-state index contributed by atoms with van der Waals surface area (Å²) in [5.41, 5.74) is 2.08. The molecule has 1 atom stereocenters. The van der Waals surface area contributed by atoms with Crippen LogP contribution in [0.25, 0.3) is 0 Å². The quantitative estimate of drug-likeness (QED) is 0.728. The van der Waals surface area contributed by atoms with Crippen molar-refractivity contribution in [3.63, 3.8) is 0 Å². The molecule has 0 radical (unpaired) electrons. The smallest absolute Gasteiger partial charge is 0.243 e. The number of carbonyl (C=O) groups excluding carboxylic acids is 1. The Morgan fingerprint density at radius 2 is 1.68 bits per heavy atom. The molecule has 28 heavy (non-hydrogen) atoms. The van der Waals surface area contributed by atoms with E-state index in [0.29, 0.717) is 11.5 Å². The summed E-state index contributed by atoms with van der Waals surface area (Å²) in [7, 11) is 0.401. The number of likely N-dealkylation sites (N-methyl/N-ethyl adjacent to an activating group) is 1. The van der Waals surface area contributed by atoms with Crippen molar-refractivity contribution < 1.29 is 22.7 Å². The second-order valence-electron chi connectivity index (χ2n) is 6.48. The zero-order valence-corrected chi connectivity index (χ0v) is 17.5. The number of aryl methyl sites for hydroxylation is 1. The lowest BCUT2D eigenvalue weighted by Gasteiger charge is -2.20. The molecule has 152 valence electrons. The Balaban J connectivity index is 2.08. The lowest BCUT2D eigenvalue weighted by Crippen LogP contribution is -2.39. The van der Waals surface area contributed by atoms with Crippen molar-refractivity contribution in [3.8, 4) is 11.5 Å². The van der Waals surface area contributed by atoms with Gasteiger partial charge in [-0.15, -0.1) is 0 Å². The summed E-state index contributed by atoms with van der Waals surface area (Å²) in [5, 5.41) is 2.82. The first-order chi connectivity index (χ1) is 13.2. The van der Waals surface area contributed by atoms with Gasteiger partial charge < -0.3 is 14.8 Å². The van der Waals surface area contributed by atoms with E-state index in [4.69, 9.17) is 9.47 Å². The fraction of sp³-hybridized carbons (Fsp3) is 0.350. The van der Waals surface area contributed by atoms with Crippen LogP contribution in [0.4, 0.5) is 0 Å². The van der Waals surface area contributed by atoms with E-state index in [0.717, 1.165) is 15.4 Å². The number of nitrogens with zero attached hydrogens (tertiary/aromatic N) is 1. The molecule has 7 nitrogen and oxygen atoms in total. The van der Waals surface area contributed by atoms with Gasteiger partial charge in [0.25, 0.3) is 0 Å². The molecule has 2 aromatic rings. The zero-order chi connectivity index (χ0) is 20.9. The van der Waals surface area contributed by atoms with E-state index in [9.17, 15) is 13.2 Å². The van der Waals surface area contributed by atoms with Crippen LogP contribution in [0.2, 0.25) is 0 Å². The SMILES string of the molecule is COc1ccc(S(=O)(=O)N(C)CC(=O)N[C@@H](C)c2ccc(C)cc2)cc1OC. The van der Waals surface area contributed by atoms with E-state index in [2.05, 4.69) is 5.32 Å². The first kappa shape index (κ1) is 21.7. The van der Waals surface area contributed by atoms with Crippen LogP contribution in [0.5, 0.6) is 11.5 Å². The van der Waals surface area contributed by atoms with Gasteiger partial charge in [0.2, 0.25) is 15.9 Å². The molecule has 1 N–H and O–H groups in total. The number of carbonyl (C=O) groups is 1. The number of hydrogen-bond donors (Lipinski definition) is 1. The van der Waals surface area contributed by atoms with Gasteiger partial charge >= 0.3 is 0 Å². The number of nitrogens with one attached hydrogen (secondary N) is 1. The summed E-state index contributed by atoms with van der Waals surface area (Å²) in [5.74, 6) is 0.336. The molecule has 0 bridgehead atoms. The number of rotatable bonds is 8. The van der Waals surface area contributed by atoms with E-state index in [1.165, 1.54) is 39.5 Å². The third-order valence-corrected chi connectivity index (χ3v) is 6.18. The largest absolute Gasteiger partial charge is 0.493 e. The molecule has 2 rings (SSSR count). The summed E-state index contributed by atoms with van der Waals surface area (Å²) >= 11 is 0. The minimum atomic E-state index is -3.86. The maximum atomic E-state index is 12.8. The minimum absolute atomic E-state index is 0.0204. The third kappa shape index (κ3) is 5.02. The highest BCUT2D eigenvalue weighted by atomic mass is 32.2. The van der Waals surface area contributed by atoms with Gasteiger partial charge in [-0.05, 0) is 31.5 Å². The molecule has 1 amide bonds. The monoisotopic (exact) mass is 406 g/mol. The van der Waals surface area contributed by atoms with Crippen molar-refractivity contribution in [2.45, 2.75) is 24.8 Å². The van der Waals surface area contributed by atoms with Crippen molar-refractivity contribution in [1.29, 1.82) is 0 Å². The second-order valence-corrected chi connectivity index (χ2v) is 8.52. The fourth-order valence-corrected chi connectivity index (χ4v) is 3.81. The molecule has 0 aliphatic heterocycles. The van der Waals surface area contributed by atoms with Crippen LogP contribution in [0.15, 0.2) is 47.4 Å². The van der Waals surface area contributed by atoms with E-state index in [1.807, 2.05) is 38.1 Å². The minimum Gasteiger partial charge on any atom is -0.493 e. The summed E-state index contributed by atoms with van der Waals surface area (Å²) in [6, 6.07) is 11.9. The first-order valence-corrected chi connectivity index (χ1v) is 10.2. The Bertz CT molecular complexity index is 926. The molecule has 0 aliphatic carbocycles. The average molecular weight is 407 g/mol. The van der Waals surface area contributed by atoms with Gasteiger partial charge in [-0.3, -0.25) is 4.79 Å². The lowest BCUT2D eigenvalue weighted by atomic mass is 10.1. The number of amides is 1. The first-order valence-electron chi connectivity index (χ1n) is 8.73. The molecule has 0 saturated heterocycles. The molecule has 0 aromatic heterocycles. The van der Waals surface area contributed by atoms with Gasteiger partial charge in [0, 0.05) is 13.1 Å². The van der Waals surface area contributed by atoms with Gasteiger partial charge in [-0.2, -0.15) is 4.31 Å². The number of hydrogen-bond acceptors (Lipinski definition) is 5. The molecule has 0 unspecified atom stereocenters. The number of methoxy groups -OCH3 is 2. The molecule has 8 heteroatoms. The Morgan fingerprint density at radius 1 is 1.07 bits per heavy atom. The topological polar surface area (TPSA) is 84.9 Å². The second kappa shape index (κ2) is 9.07. The summed E-state index contributed by atoms with van der Waals surface area (Å²) < 4.78 is 36.8. The molecule has 0 heterocycles. The average Bonchev–Trinajstić information content (AvgIpc) is 2.67. The molecule has 0 spiro atoms. The van der Waals surface area contributed by atoms with Crippen LogP contribution < -0.4 is 14.8 Å². The Hall–Kier alpha value is -2.58. The highest BCUT2D eigenvalue weighted by Gasteiger charge is 2.25. The summed E-state index contributed by atoms with van der Waals surface area (Å²) in [6.45, 7) is 3.54. The normalized spacial score (nSPS) is 12.5. The predicted molar refractivity (Wildman–Crippen MR) is 107 cm³/mol. The summed E-state index contributed by atoms with van der Waals surface area (Å²) in [6.07, 6.45) is 0. The molecular weight excluding hydrogens is 380 g/mol. The number of sulfonamides is 1. The highest BCUT2D eigenvalue weighted by Crippen LogP contribution is 2.30. The lowest BCUT2D eigenvalue weighted by molar-refractivity contribution is -0.121. The maximum absolute atomic E-state index is 12.8. The predicted octanol–water partition coefficient (Wildman–Crippen LogP) is 2.51. The third-order valence-electron chi connectivity index (χ3n) is 4.38. The van der Waals surface area contributed by atoms with Gasteiger partial charge in [0.05, 0.1) is 31.7 Å². The fourth-order valence-electron chi connectivity index (χ4n) is 2.67. The maximum Gasteiger partial charge on any atom is 0.243 e. The van der Waals surface area contributed by atoms with Crippen molar-refractivity contribution in [3.05, 3.63) is 53.6 Å². The molecule has 0 saturated carbocycles. The van der Waals surface area contributed by atoms with E-state index < -0.39 is 10.0 Å². The van der Waals surface area contributed by atoms with Crippen molar-refractivity contribution >= 4 is 15.9 Å². The van der Waals surface area contributed by atoms with Crippen LogP contribution in [-0.2, 0) is 14.8 Å². The summed E-state index contributed by atoms with van der Waals surface area (Å²) in [4.78, 5) is 12.4. The zero-order valence-electron chi connectivity index (χ0n) is 16.7. The van der Waals surface area contributed by atoms with Gasteiger partial charge in [0.1, 0.15) is 0 Å².